The number of nitrogens with zero attached hydrogens (tertiary/aromatic N) is 2. The molecule has 0 radical (unpaired) electrons. The second kappa shape index (κ2) is 8.95. The van der Waals surface area contributed by atoms with Crippen LogP contribution in [0.2, 0.25) is 0 Å². The van der Waals surface area contributed by atoms with Crippen LogP contribution < -0.4 is 9.47 Å². The monoisotopic (exact) mass is 445 g/mol. The first kappa shape index (κ1) is 22.2. The van der Waals surface area contributed by atoms with Crippen molar-refractivity contribution in [3.63, 3.8) is 0 Å². The molecule has 2 heteroatoms. The van der Waals surface area contributed by atoms with Gasteiger partial charge in [0.2, 0.25) is 5.69 Å². The van der Waals surface area contributed by atoms with E-state index in [-0.39, 0.29) is 5.54 Å². The number of benzene rings is 3. The van der Waals surface area contributed by atoms with Crippen molar-refractivity contribution in [2.24, 2.45) is 0 Å². The third-order valence-electron chi connectivity index (χ3n) is 7.29. The maximum atomic E-state index is 2.47. The molecular formula is C32H33N2+. The minimum Gasteiger partial charge on any atom is -0.310 e. The quantitative estimate of drug-likeness (QED) is 0.280. The molecule has 0 saturated heterocycles. The van der Waals surface area contributed by atoms with Gasteiger partial charge in [-0.25, -0.2) is 0 Å². The summed E-state index contributed by atoms with van der Waals surface area (Å²) in [6.07, 6.45) is 9.08. The van der Waals surface area contributed by atoms with Gasteiger partial charge >= 0.3 is 0 Å². The van der Waals surface area contributed by atoms with Gasteiger partial charge in [-0.15, -0.1) is 0 Å². The number of aromatic nitrogens is 1. The number of aryl methyl sites for hydroxylation is 2. The average molecular weight is 446 g/mol. The Morgan fingerprint density at radius 3 is 1.88 bits per heavy atom. The molecule has 0 bridgehead atoms. The number of fused-ring (bicyclic) bond motifs is 3. The van der Waals surface area contributed by atoms with E-state index in [0.29, 0.717) is 0 Å². The highest BCUT2D eigenvalue weighted by atomic mass is 15.1. The standard InChI is InChI=1S/C32H33N2/c1-5-32(6-2)21-20-26-14-19-29(23-30(26)31-9-7-8-22-33(31)32)34(27-15-10-24(3)11-16-27)28-17-12-25(4)13-18-28/h7-23H,5-6H2,1-4H3/q+1. The van der Waals surface area contributed by atoms with E-state index in [2.05, 4.69) is 140 Å². The van der Waals surface area contributed by atoms with Crippen LogP contribution in [0.25, 0.3) is 17.3 Å². The third kappa shape index (κ3) is 3.84. The molecule has 4 aromatic rings. The first-order valence-electron chi connectivity index (χ1n) is 12.3. The Morgan fingerprint density at radius 2 is 1.29 bits per heavy atom. The highest BCUT2D eigenvalue weighted by Crippen LogP contribution is 2.39. The molecule has 1 aliphatic rings. The molecule has 0 unspecified atom stereocenters. The van der Waals surface area contributed by atoms with Gasteiger partial charge < -0.3 is 4.90 Å². The summed E-state index contributed by atoms with van der Waals surface area (Å²) < 4.78 is 2.47. The largest absolute Gasteiger partial charge is 0.310 e. The fourth-order valence-electron chi connectivity index (χ4n) is 5.09. The third-order valence-corrected chi connectivity index (χ3v) is 7.29. The summed E-state index contributed by atoms with van der Waals surface area (Å²) >= 11 is 0. The Kier molecular flexibility index (Phi) is 5.83. The maximum absolute atomic E-state index is 2.47. The van der Waals surface area contributed by atoms with Crippen molar-refractivity contribution < 1.29 is 4.57 Å². The van der Waals surface area contributed by atoms with Crippen molar-refractivity contribution in [1.82, 2.24) is 0 Å². The number of allylic oxidation sites excluding steroid dienone is 1. The lowest BCUT2D eigenvalue weighted by Gasteiger charge is -2.26. The second-order valence-electron chi connectivity index (χ2n) is 9.38. The first-order valence-corrected chi connectivity index (χ1v) is 12.3. The van der Waals surface area contributed by atoms with E-state index >= 15 is 0 Å². The summed E-state index contributed by atoms with van der Waals surface area (Å²) in [7, 11) is 0. The molecular weight excluding hydrogens is 412 g/mol. The molecule has 2 heterocycles. The van der Waals surface area contributed by atoms with Gasteiger partial charge in [-0.1, -0.05) is 61.4 Å². The van der Waals surface area contributed by atoms with Crippen molar-refractivity contribution in [1.29, 1.82) is 0 Å². The minimum absolute atomic E-state index is 0.0105. The van der Waals surface area contributed by atoms with Gasteiger partial charge in [0.15, 0.2) is 11.7 Å². The van der Waals surface area contributed by atoms with Crippen molar-refractivity contribution in [3.8, 4) is 11.3 Å². The molecule has 1 aromatic heterocycles. The number of anilines is 3. The van der Waals surface area contributed by atoms with Gasteiger partial charge in [-0.2, -0.15) is 4.57 Å². The van der Waals surface area contributed by atoms with E-state index in [4.69, 9.17) is 0 Å². The van der Waals surface area contributed by atoms with Crippen LogP contribution in [0.1, 0.15) is 43.4 Å². The number of rotatable bonds is 5. The number of hydrogen-bond acceptors (Lipinski definition) is 1. The summed E-state index contributed by atoms with van der Waals surface area (Å²) in [6.45, 7) is 8.85. The lowest BCUT2D eigenvalue weighted by atomic mass is 9.91. The van der Waals surface area contributed by atoms with Crippen molar-refractivity contribution in [2.45, 2.75) is 46.1 Å². The van der Waals surface area contributed by atoms with E-state index < -0.39 is 0 Å². The molecule has 0 amide bonds. The lowest BCUT2D eigenvalue weighted by molar-refractivity contribution is -0.743. The van der Waals surface area contributed by atoms with Gasteiger partial charge in [-0.05, 0) is 68.0 Å². The van der Waals surface area contributed by atoms with Crippen LogP contribution in [0.4, 0.5) is 17.1 Å². The first-order chi connectivity index (χ1) is 16.5. The SMILES string of the molecule is CCC1(CC)C=Cc2ccc(N(c3ccc(C)cc3)c3ccc(C)cc3)cc2-c2cccc[n+]21. The van der Waals surface area contributed by atoms with Crippen LogP contribution in [0.5, 0.6) is 0 Å². The zero-order valence-corrected chi connectivity index (χ0v) is 20.6. The Bertz CT molecular complexity index is 1280. The number of pyridine rings is 1. The zero-order chi connectivity index (χ0) is 23.7. The van der Waals surface area contributed by atoms with Crippen molar-refractivity contribution >= 4 is 23.1 Å². The van der Waals surface area contributed by atoms with E-state index in [1.54, 1.807) is 0 Å². The summed E-state index contributed by atoms with van der Waals surface area (Å²) in [5, 5.41) is 0. The van der Waals surface area contributed by atoms with E-state index in [1.165, 1.54) is 27.9 Å². The Labute approximate surface area is 203 Å². The predicted molar refractivity (Wildman–Crippen MR) is 144 cm³/mol. The minimum atomic E-state index is -0.0105. The molecule has 34 heavy (non-hydrogen) atoms. The lowest BCUT2D eigenvalue weighted by Crippen LogP contribution is -2.55. The van der Waals surface area contributed by atoms with Crippen LogP contribution in [-0.4, -0.2) is 0 Å². The van der Waals surface area contributed by atoms with Crippen LogP contribution in [0, 0.1) is 13.8 Å². The van der Waals surface area contributed by atoms with Gasteiger partial charge in [0.05, 0.1) is 5.56 Å². The molecule has 3 aromatic carbocycles. The van der Waals surface area contributed by atoms with E-state index in [0.717, 1.165) is 29.9 Å². The molecule has 1 aliphatic heterocycles. The fraction of sp³-hybridized carbons (Fsp3) is 0.219. The van der Waals surface area contributed by atoms with Crippen LogP contribution in [0.3, 0.4) is 0 Å². The van der Waals surface area contributed by atoms with Crippen LogP contribution >= 0.6 is 0 Å². The van der Waals surface area contributed by atoms with Crippen LogP contribution in [0.15, 0.2) is 97.2 Å². The summed E-state index contributed by atoms with van der Waals surface area (Å²) in [5.41, 5.74) is 9.80. The molecule has 2 nitrogen and oxygen atoms in total. The van der Waals surface area contributed by atoms with Crippen molar-refractivity contribution in [3.05, 3.63) is 114 Å². The molecule has 0 aliphatic carbocycles. The second-order valence-corrected chi connectivity index (χ2v) is 9.38. The Balaban J connectivity index is 1.71. The summed E-state index contributed by atoms with van der Waals surface area (Å²) in [4.78, 5) is 2.36. The summed E-state index contributed by atoms with van der Waals surface area (Å²) in [6, 6.07) is 31.0. The van der Waals surface area contributed by atoms with Gasteiger partial charge in [0.1, 0.15) is 0 Å². The average Bonchev–Trinajstić information content (AvgIpc) is 3.01. The predicted octanol–water partition coefficient (Wildman–Crippen LogP) is 8.27. The molecule has 0 fully saturated rings. The highest BCUT2D eigenvalue weighted by molar-refractivity contribution is 5.83. The smallest absolute Gasteiger partial charge is 0.213 e. The Hall–Kier alpha value is -3.65. The maximum Gasteiger partial charge on any atom is 0.213 e. The molecule has 0 atom stereocenters. The van der Waals surface area contributed by atoms with Gasteiger partial charge in [-0.3, -0.25) is 0 Å². The molecule has 170 valence electrons. The van der Waals surface area contributed by atoms with Gasteiger partial charge in [0.25, 0.3) is 0 Å². The van der Waals surface area contributed by atoms with Crippen molar-refractivity contribution in [2.75, 3.05) is 4.90 Å². The zero-order valence-electron chi connectivity index (χ0n) is 20.6. The summed E-state index contributed by atoms with van der Waals surface area (Å²) in [5.74, 6) is 0. The van der Waals surface area contributed by atoms with E-state index in [1.807, 2.05) is 0 Å². The topological polar surface area (TPSA) is 7.12 Å². The normalized spacial score (nSPS) is 13.6. The van der Waals surface area contributed by atoms with Gasteiger partial charge in [0, 0.05) is 42.0 Å². The number of hydrogen-bond donors (Lipinski definition) is 0. The Morgan fingerprint density at radius 1 is 0.706 bits per heavy atom. The van der Waals surface area contributed by atoms with E-state index in [9.17, 15) is 0 Å². The molecule has 0 spiro atoms. The molecule has 0 saturated carbocycles. The van der Waals surface area contributed by atoms with Crippen LogP contribution in [-0.2, 0) is 5.54 Å². The molecule has 0 N–H and O–H groups in total. The fourth-order valence-corrected chi connectivity index (χ4v) is 5.09. The highest BCUT2D eigenvalue weighted by Gasteiger charge is 2.38. The molecule has 5 rings (SSSR count).